The van der Waals surface area contributed by atoms with Crippen molar-refractivity contribution in [1.82, 2.24) is 4.98 Å². The quantitative estimate of drug-likeness (QED) is 0.285. The average Bonchev–Trinajstić information content (AvgIpc) is 3.21. The van der Waals surface area contributed by atoms with Gasteiger partial charge in [0.05, 0.1) is 25.3 Å². The van der Waals surface area contributed by atoms with Crippen molar-refractivity contribution >= 4 is 79.6 Å². The first-order chi connectivity index (χ1) is 15.3. The Labute approximate surface area is 209 Å². The molecule has 0 radical (unpaired) electrons. The SMILES string of the molecule is Cc1c(Cl)c(C)c(Cl)c(OCC(=O)Nc2ccc(Cl)c(-c3nc4ccccc4s3)c2)c1Cl. The zero-order valence-electron chi connectivity index (χ0n) is 16.9. The van der Waals surface area contributed by atoms with E-state index in [1.54, 1.807) is 32.0 Å². The van der Waals surface area contributed by atoms with E-state index in [4.69, 9.17) is 51.1 Å². The molecule has 0 unspecified atom stereocenters. The summed E-state index contributed by atoms with van der Waals surface area (Å²) in [6.07, 6.45) is 0. The predicted octanol–water partition coefficient (Wildman–Crippen LogP) is 8.21. The van der Waals surface area contributed by atoms with Crippen LogP contribution in [0.4, 0.5) is 5.69 Å². The Bertz CT molecular complexity index is 1290. The first-order valence-electron chi connectivity index (χ1n) is 9.48. The molecule has 0 aliphatic rings. The van der Waals surface area contributed by atoms with E-state index in [1.165, 1.54) is 11.3 Å². The van der Waals surface area contributed by atoms with Crippen LogP contribution in [0.3, 0.4) is 0 Å². The number of carbonyl (C=O) groups excluding carboxylic acids is 1. The zero-order chi connectivity index (χ0) is 23.0. The highest BCUT2D eigenvalue weighted by molar-refractivity contribution is 7.21. The fourth-order valence-corrected chi connectivity index (χ4v) is 5.21. The molecule has 4 nitrogen and oxygen atoms in total. The molecule has 0 atom stereocenters. The minimum Gasteiger partial charge on any atom is -0.481 e. The summed E-state index contributed by atoms with van der Waals surface area (Å²) in [6.45, 7) is 3.25. The fourth-order valence-electron chi connectivity index (χ4n) is 3.13. The van der Waals surface area contributed by atoms with Crippen LogP contribution in [0.2, 0.25) is 20.1 Å². The van der Waals surface area contributed by atoms with Crippen molar-refractivity contribution in [2.75, 3.05) is 11.9 Å². The van der Waals surface area contributed by atoms with Crippen molar-refractivity contribution in [1.29, 1.82) is 0 Å². The number of ether oxygens (including phenoxy) is 1. The Morgan fingerprint density at radius 1 is 1.00 bits per heavy atom. The average molecular weight is 526 g/mol. The van der Waals surface area contributed by atoms with Crippen LogP contribution in [0.25, 0.3) is 20.8 Å². The zero-order valence-corrected chi connectivity index (χ0v) is 20.8. The van der Waals surface area contributed by atoms with E-state index in [1.807, 2.05) is 24.3 Å². The molecule has 0 saturated carbocycles. The minimum absolute atomic E-state index is 0.231. The van der Waals surface area contributed by atoms with E-state index in [-0.39, 0.29) is 28.3 Å². The largest absolute Gasteiger partial charge is 0.481 e. The molecule has 0 aliphatic carbocycles. The van der Waals surface area contributed by atoms with Crippen LogP contribution in [-0.4, -0.2) is 17.5 Å². The summed E-state index contributed by atoms with van der Waals surface area (Å²) in [4.78, 5) is 17.2. The Balaban J connectivity index is 1.52. The van der Waals surface area contributed by atoms with Gasteiger partial charge in [0, 0.05) is 16.3 Å². The number of fused-ring (bicyclic) bond motifs is 1. The van der Waals surface area contributed by atoms with Crippen LogP contribution in [-0.2, 0) is 4.79 Å². The summed E-state index contributed by atoms with van der Waals surface area (Å²) in [5, 5.41) is 5.16. The van der Waals surface area contributed by atoms with Gasteiger partial charge in [-0.3, -0.25) is 4.79 Å². The van der Waals surface area contributed by atoms with Gasteiger partial charge in [0.25, 0.3) is 5.91 Å². The number of hydrogen-bond acceptors (Lipinski definition) is 4. The first-order valence-corrected chi connectivity index (χ1v) is 11.8. The minimum atomic E-state index is -0.375. The van der Waals surface area contributed by atoms with Crippen LogP contribution in [0.15, 0.2) is 42.5 Å². The van der Waals surface area contributed by atoms with E-state index in [0.29, 0.717) is 26.9 Å². The third kappa shape index (κ3) is 4.54. The Hall–Kier alpha value is -2.02. The highest BCUT2D eigenvalue weighted by Gasteiger charge is 2.19. The molecule has 1 aromatic heterocycles. The van der Waals surface area contributed by atoms with Crippen LogP contribution in [0, 0.1) is 13.8 Å². The number of amides is 1. The van der Waals surface area contributed by atoms with E-state index < -0.39 is 0 Å². The molecule has 0 saturated heterocycles. The van der Waals surface area contributed by atoms with Gasteiger partial charge in [-0.25, -0.2) is 4.98 Å². The molecule has 0 aliphatic heterocycles. The van der Waals surface area contributed by atoms with Gasteiger partial charge in [-0.1, -0.05) is 58.5 Å². The Morgan fingerprint density at radius 3 is 2.38 bits per heavy atom. The molecule has 3 aromatic carbocycles. The van der Waals surface area contributed by atoms with Crippen molar-refractivity contribution in [2.45, 2.75) is 13.8 Å². The lowest BCUT2D eigenvalue weighted by molar-refractivity contribution is -0.118. The van der Waals surface area contributed by atoms with Gasteiger partial charge in [-0.2, -0.15) is 0 Å². The van der Waals surface area contributed by atoms with Crippen molar-refractivity contribution in [2.24, 2.45) is 0 Å². The molecule has 0 fully saturated rings. The smallest absolute Gasteiger partial charge is 0.262 e. The summed E-state index contributed by atoms with van der Waals surface area (Å²) in [5.41, 5.74) is 3.49. The number of carbonyl (C=O) groups is 1. The van der Waals surface area contributed by atoms with Crippen LogP contribution >= 0.6 is 57.7 Å². The molecule has 0 spiro atoms. The highest BCUT2D eigenvalue weighted by atomic mass is 35.5. The van der Waals surface area contributed by atoms with E-state index in [0.717, 1.165) is 20.8 Å². The summed E-state index contributed by atoms with van der Waals surface area (Å²) in [5.74, 6) is -0.144. The third-order valence-corrected chi connectivity index (χ3v) is 7.71. The third-order valence-electron chi connectivity index (χ3n) is 4.84. The van der Waals surface area contributed by atoms with Gasteiger partial charge in [0.1, 0.15) is 5.01 Å². The summed E-state index contributed by atoms with van der Waals surface area (Å²) in [6, 6.07) is 13.1. The number of nitrogens with zero attached hydrogens (tertiary/aromatic N) is 1. The highest BCUT2D eigenvalue weighted by Crippen LogP contribution is 2.42. The standard InChI is InChI=1S/C23H16Cl4N2O2S/c1-11-19(25)12(2)21(27)22(20(11)26)31-10-18(30)28-13-7-8-15(24)14(9-13)23-29-16-5-3-4-6-17(16)32-23/h3-9H,10H2,1-2H3,(H,28,30). The van der Waals surface area contributed by atoms with Gasteiger partial charge >= 0.3 is 0 Å². The van der Waals surface area contributed by atoms with Crippen LogP contribution in [0.1, 0.15) is 11.1 Å². The summed E-state index contributed by atoms with van der Waals surface area (Å²) < 4.78 is 6.68. The predicted molar refractivity (Wildman–Crippen MR) is 135 cm³/mol. The number of rotatable bonds is 5. The summed E-state index contributed by atoms with van der Waals surface area (Å²) >= 11 is 26.8. The van der Waals surface area contributed by atoms with Crippen molar-refractivity contribution < 1.29 is 9.53 Å². The number of hydrogen-bond donors (Lipinski definition) is 1. The molecule has 164 valence electrons. The monoisotopic (exact) mass is 524 g/mol. The number of thiazole rings is 1. The van der Waals surface area contributed by atoms with Crippen molar-refractivity contribution in [3.05, 3.63) is 73.7 Å². The molecule has 1 heterocycles. The van der Waals surface area contributed by atoms with Gasteiger partial charge < -0.3 is 10.1 Å². The maximum absolute atomic E-state index is 12.5. The second-order valence-electron chi connectivity index (χ2n) is 7.04. The number of benzene rings is 3. The van der Waals surface area contributed by atoms with E-state index >= 15 is 0 Å². The number of nitrogens with one attached hydrogen (secondary N) is 1. The number of anilines is 1. The molecule has 32 heavy (non-hydrogen) atoms. The van der Waals surface area contributed by atoms with Gasteiger partial charge in [-0.15, -0.1) is 11.3 Å². The molecule has 4 rings (SSSR count). The van der Waals surface area contributed by atoms with Crippen LogP contribution in [0.5, 0.6) is 5.75 Å². The number of para-hydroxylation sites is 1. The van der Waals surface area contributed by atoms with E-state index in [2.05, 4.69) is 10.3 Å². The molecule has 1 N–H and O–H groups in total. The maximum Gasteiger partial charge on any atom is 0.262 e. The normalized spacial score (nSPS) is 11.1. The number of halogens is 4. The number of aromatic nitrogens is 1. The Kier molecular flexibility index (Phi) is 6.84. The lowest BCUT2D eigenvalue weighted by atomic mass is 10.1. The topological polar surface area (TPSA) is 51.2 Å². The second kappa shape index (κ2) is 9.46. The lowest BCUT2D eigenvalue weighted by Gasteiger charge is -2.15. The summed E-state index contributed by atoms with van der Waals surface area (Å²) in [7, 11) is 0. The maximum atomic E-state index is 12.5. The first kappa shape index (κ1) is 23.1. The molecule has 0 bridgehead atoms. The van der Waals surface area contributed by atoms with Gasteiger partial charge in [0.2, 0.25) is 0 Å². The Morgan fingerprint density at radius 2 is 1.69 bits per heavy atom. The van der Waals surface area contributed by atoms with Gasteiger partial charge in [0.15, 0.2) is 12.4 Å². The molecule has 1 amide bonds. The van der Waals surface area contributed by atoms with Crippen molar-refractivity contribution in [3.8, 4) is 16.3 Å². The molecular formula is C23H16Cl4N2O2S. The van der Waals surface area contributed by atoms with Gasteiger partial charge in [-0.05, 0) is 55.3 Å². The molecular weight excluding hydrogens is 510 g/mol. The fraction of sp³-hybridized carbons (Fsp3) is 0.130. The second-order valence-corrected chi connectivity index (χ2v) is 9.61. The van der Waals surface area contributed by atoms with Crippen molar-refractivity contribution in [3.63, 3.8) is 0 Å². The van der Waals surface area contributed by atoms with Crippen LogP contribution < -0.4 is 10.1 Å². The lowest BCUT2D eigenvalue weighted by Crippen LogP contribution is -2.20. The molecule has 4 aromatic rings. The van der Waals surface area contributed by atoms with E-state index in [9.17, 15) is 4.79 Å². The molecule has 9 heteroatoms.